The molecule has 2 aliphatic heterocycles. The fourth-order valence-electron chi connectivity index (χ4n) is 4.59. The minimum Gasteiger partial charge on any atom is -0.508 e. The maximum Gasteiger partial charge on any atom is 0.536 e. The Labute approximate surface area is 219 Å². The summed E-state index contributed by atoms with van der Waals surface area (Å²) < 4.78 is 59.0. The van der Waals surface area contributed by atoms with Gasteiger partial charge in [-0.05, 0) is 36.2 Å². The molecule has 0 radical (unpaired) electrons. The lowest BCUT2D eigenvalue weighted by Gasteiger charge is -2.36. The van der Waals surface area contributed by atoms with Crippen LogP contribution in [0.1, 0.15) is 39.5 Å². The number of phenols is 1. The second-order valence-electron chi connectivity index (χ2n) is 8.39. The zero-order valence-corrected chi connectivity index (χ0v) is 22.3. The van der Waals surface area contributed by atoms with Gasteiger partial charge < -0.3 is 33.8 Å². The molecule has 14 nitrogen and oxygen atoms in total. The van der Waals surface area contributed by atoms with Crippen molar-refractivity contribution >= 4 is 29.4 Å². The number of phosphoric ester groups is 1. The van der Waals surface area contributed by atoms with Gasteiger partial charge in [0.2, 0.25) is 0 Å². The van der Waals surface area contributed by atoms with Crippen molar-refractivity contribution in [1.82, 2.24) is 0 Å². The quantitative estimate of drug-likeness (QED) is 0.190. The van der Waals surface area contributed by atoms with Gasteiger partial charge in [0, 0.05) is 28.8 Å². The molecule has 5 N–H and O–H groups in total. The molecule has 0 aliphatic carbocycles. The van der Waals surface area contributed by atoms with Gasteiger partial charge in [0.05, 0.1) is 5.56 Å². The van der Waals surface area contributed by atoms with Crippen LogP contribution in [0.2, 0.25) is 0 Å². The summed E-state index contributed by atoms with van der Waals surface area (Å²) in [5, 5.41) is 10.1. The van der Waals surface area contributed by atoms with Gasteiger partial charge in [-0.1, -0.05) is 25.1 Å². The third kappa shape index (κ3) is 5.03. The lowest BCUT2D eigenvalue weighted by Crippen LogP contribution is -2.32. The molecule has 0 bridgehead atoms. The molecule has 0 saturated heterocycles. The van der Waals surface area contributed by atoms with E-state index >= 15 is 0 Å². The van der Waals surface area contributed by atoms with Crippen LogP contribution in [0.3, 0.4) is 0 Å². The lowest BCUT2D eigenvalue weighted by molar-refractivity contribution is 0.0223. The highest BCUT2D eigenvalue weighted by atomic mass is 31.3. The topological polar surface area (TPSA) is 216 Å². The molecule has 5 rings (SSSR count). The van der Waals surface area contributed by atoms with Crippen LogP contribution >= 0.6 is 23.5 Å². The van der Waals surface area contributed by atoms with Crippen molar-refractivity contribution in [1.29, 1.82) is 0 Å². The normalized spacial score (nSPS) is 20.6. The Kier molecular flexibility index (Phi) is 6.55. The molecule has 2 aliphatic rings. The first kappa shape index (κ1) is 27.5. The molecule has 2 heterocycles. The summed E-state index contributed by atoms with van der Waals surface area (Å²) in [5.41, 5.74) is 0.776. The van der Waals surface area contributed by atoms with Gasteiger partial charge in [-0.25, -0.2) is 18.5 Å². The molecule has 3 atom stereocenters. The van der Waals surface area contributed by atoms with Crippen molar-refractivity contribution < 1.29 is 65.8 Å². The summed E-state index contributed by atoms with van der Waals surface area (Å²) in [6, 6.07) is 13.1. The molecule has 1 spiro atoms. The number of fused-ring (bicyclic) bond motifs is 6. The Morgan fingerprint density at radius 1 is 0.846 bits per heavy atom. The summed E-state index contributed by atoms with van der Waals surface area (Å²) in [6.07, 6.45) is 0.541. The average Bonchev–Trinajstić information content (AvgIpc) is 3.09. The Bertz CT molecular complexity index is 1660. The second kappa shape index (κ2) is 9.28. The van der Waals surface area contributed by atoms with Crippen LogP contribution in [-0.2, 0) is 39.1 Å². The van der Waals surface area contributed by atoms with Crippen molar-refractivity contribution in [3.05, 3.63) is 82.4 Å². The van der Waals surface area contributed by atoms with E-state index in [-0.39, 0.29) is 17.2 Å². The van der Waals surface area contributed by atoms with Crippen molar-refractivity contribution in [3.63, 3.8) is 0 Å². The van der Waals surface area contributed by atoms with Crippen molar-refractivity contribution in [2.24, 2.45) is 0 Å². The number of aryl methyl sites for hydroxylation is 1. The van der Waals surface area contributed by atoms with Crippen LogP contribution in [0.5, 0.6) is 23.0 Å². The zero-order valence-electron chi connectivity index (χ0n) is 19.7. The van der Waals surface area contributed by atoms with Crippen molar-refractivity contribution in [3.8, 4) is 23.0 Å². The summed E-state index contributed by atoms with van der Waals surface area (Å²) >= 11 is 0. The smallest absolute Gasteiger partial charge is 0.508 e. The molecule has 0 amide bonds. The van der Waals surface area contributed by atoms with Crippen molar-refractivity contribution in [2.75, 3.05) is 0 Å². The Hall–Kier alpha value is -3.02. The molecule has 0 aromatic heterocycles. The number of esters is 1. The summed E-state index contributed by atoms with van der Waals surface area (Å²) in [5.74, 6) is -1.14. The third-order valence-electron chi connectivity index (χ3n) is 5.89. The zero-order chi connectivity index (χ0) is 28.4. The SMILES string of the molecule is CCc1cccc2c1C(=O)OC21c2ccc(O)cc2Oc2cc(OP(=O)(O)OP(=O)(O)OP(=O)(O)O)ccc21. The van der Waals surface area contributed by atoms with Gasteiger partial charge in [0.1, 0.15) is 23.0 Å². The summed E-state index contributed by atoms with van der Waals surface area (Å²) in [4.78, 5) is 49.9. The van der Waals surface area contributed by atoms with Gasteiger partial charge in [0.25, 0.3) is 0 Å². The van der Waals surface area contributed by atoms with E-state index < -0.39 is 40.8 Å². The number of phosphoric acid groups is 3. The largest absolute Gasteiger partial charge is 0.536 e. The van der Waals surface area contributed by atoms with E-state index in [0.717, 1.165) is 17.7 Å². The molecular formula is C22H19O14P3. The lowest BCUT2D eigenvalue weighted by atomic mass is 9.77. The van der Waals surface area contributed by atoms with Crippen LogP contribution < -0.4 is 9.26 Å². The van der Waals surface area contributed by atoms with E-state index in [2.05, 4.69) is 8.62 Å². The number of hydrogen-bond acceptors (Lipinski definition) is 10. The molecular weight excluding hydrogens is 581 g/mol. The first-order chi connectivity index (χ1) is 18.1. The first-order valence-electron chi connectivity index (χ1n) is 11.0. The predicted octanol–water partition coefficient (Wildman–Crippen LogP) is 4.23. The monoisotopic (exact) mass is 600 g/mol. The van der Waals surface area contributed by atoms with Crippen LogP contribution in [-0.4, -0.2) is 30.6 Å². The third-order valence-corrected chi connectivity index (χ3v) is 9.66. The van der Waals surface area contributed by atoms with Crippen LogP contribution in [0.15, 0.2) is 54.6 Å². The maximum atomic E-state index is 13.2. The fourth-order valence-corrected chi connectivity index (χ4v) is 7.61. The highest BCUT2D eigenvalue weighted by Gasteiger charge is 2.54. The summed E-state index contributed by atoms with van der Waals surface area (Å²) in [6.45, 7) is 1.88. The van der Waals surface area contributed by atoms with Gasteiger partial charge in [-0.2, -0.15) is 8.62 Å². The van der Waals surface area contributed by atoms with E-state index in [1.165, 1.54) is 24.3 Å². The van der Waals surface area contributed by atoms with E-state index in [9.17, 15) is 33.4 Å². The molecule has 3 aromatic carbocycles. The first-order valence-corrected chi connectivity index (χ1v) is 15.5. The van der Waals surface area contributed by atoms with Crippen LogP contribution in [0.4, 0.5) is 0 Å². The predicted molar refractivity (Wildman–Crippen MR) is 130 cm³/mol. The van der Waals surface area contributed by atoms with E-state index in [1.807, 2.05) is 6.92 Å². The number of phenolic OH excluding ortho intramolecular Hbond substituents is 1. The van der Waals surface area contributed by atoms with E-state index in [4.69, 9.17) is 23.8 Å². The Morgan fingerprint density at radius 3 is 2.18 bits per heavy atom. The fraction of sp³-hybridized carbons (Fsp3) is 0.136. The Balaban J connectivity index is 1.59. The summed E-state index contributed by atoms with van der Waals surface area (Å²) in [7, 11) is -16.8. The minimum atomic E-state index is -5.74. The number of rotatable bonds is 7. The molecule has 3 unspecified atom stereocenters. The standard InChI is InChI=1S/C22H19O14P3/c1-2-12-4-3-5-17-20(12)21(24)33-22(17)15-8-6-13(23)10-18(15)32-19-11-14(7-9-16(19)22)34-38(28,29)36-39(30,31)35-37(25,26)27/h3-11,23H,2H2,1H3,(H,28,29)(H,30,31)(H2,25,26,27). The molecule has 0 saturated carbocycles. The Morgan fingerprint density at radius 2 is 1.51 bits per heavy atom. The number of carbonyl (C=O) groups is 1. The van der Waals surface area contributed by atoms with E-state index in [1.54, 1.807) is 18.2 Å². The maximum absolute atomic E-state index is 13.2. The van der Waals surface area contributed by atoms with Gasteiger partial charge >= 0.3 is 29.4 Å². The van der Waals surface area contributed by atoms with Gasteiger partial charge in [-0.15, -0.1) is 0 Å². The molecule has 39 heavy (non-hydrogen) atoms. The number of carbonyl (C=O) groups excluding carboxylic acids is 1. The molecule has 3 aromatic rings. The highest BCUT2D eigenvalue weighted by Crippen LogP contribution is 2.66. The van der Waals surface area contributed by atoms with Crippen molar-refractivity contribution in [2.45, 2.75) is 18.9 Å². The van der Waals surface area contributed by atoms with Gasteiger partial charge in [-0.3, -0.25) is 4.89 Å². The second-order valence-corrected chi connectivity index (χ2v) is 12.7. The number of ether oxygens (including phenoxy) is 2. The van der Waals surface area contributed by atoms with E-state index in [0.29, 0.717) is 28.7 Å². The molecule has 0 fully saturated rings. The number of benzene rings is 3. The average molecular weight is 600 g/mol. The number of aromatic hydroxyl groups is 1. The van der Waals surface area contributed by atoms with Crippen LogP contribution in [0.25, 0.3) is 0 Å². The minimum absolute atomic E-state index is 0.0354. The molecule has 17 heteroatoms. The number of hydrogen-bond donors (Lipinski definition) is 5. The van der Waals surface area contributed by atoms with Gasteiger partial charge in [0.15, 0.2) is 5.60 Å². The molecule has 206 valence electrons. The van der Waals surface area contributed by atoms with Crippen LogP contribution in [0, 0.1) is 0 Å². The highest BCUT2D eigenvalue weighted by molar-refractivity contribution is 7.66.